The Morgan fingerprint density at radius 2 is 1.86 bits per heavy atom. The monoisotopic (exact) mass is 205 g/mol. The van der Waals surface area contributed by atoms with Crippen LogP contribution in [0.15, 0.2) is 12.7 Å². The first-order valence-electron chi connectivity index (χ1n) is 4.16. The number of hydrogen-bond acceptors (Lipinski definition) is 5. The van der Waals surface area contributed by atoms with E-state index in [1.165, 1.54) is 6.92 Å². The van der Waals surface area contributed by atoms with Crippen molar-refractivity contribution in [1.29, 1.82) is 0 Å². The van der Waals surface area contributed by atoms with Crippen LogP contribution < -0.4 is 0 Å². The van der Waals surface area contributed by atoms with Gasteiger partial charge in [0.2, 0.25) is 0 Å². The minimum atomic E-state index is -2.36. The fourth-order valence-corrected chi connectivity index (χ4v) is 0.275. The summed E-state index contributed by atoms with van der Waals surface area (Å²) < 4.78 is 4.09. The van der Waals surface area contributed by atoms with Crippen molar-refractivity contribution in [2.24, 2.45) is 0 Å². The number of hydrogen-bond donors (Lipinski definition) is 2. The van der Waals surface area contributed by atoms with Crippen LogP contribution in [0.25, 0.3) is 0 Å². The molecule has 14 heavy (non-hydrogen) atoms. The standard InChI is InChI=1S/C6H10O4.C3H9N/c1-3-5(7)10-6(8,9)4-2;1-4(2)3/h3,8-9H,1,4H2,2H3;1-3H3. The Morgan fingerprint density at radius 3 is 2.07 bits per heavy atom. The van der Waals surface area contributed by atoms with Gasteiger partial charge in [-0.3, -0.25) is 0 Å². The van der Waals surface area contributed by atoms with E-state index in [0.29, 0.717) is 0 Å². The Hall–Kier alpha value is -0.910. The van der Waals surface area contributed by atoms with E-state index in [9.17, 15) is 4.79 Å². The summed E-state index contributed by atoms with van der Waals surface area (Å²) in [7, 11) is 6.00. The molecular weight excluding hydrogens is 186 g/mol. The van der Waals surface area contributed by atoms with Crippen molar-refractivity contribution in [1.82, 2.24) is 4.90 Å². The number of carbonyl (C=O) groups excluding carboxylic acids is 1. The highest BCUT2D eigenvalue weighted by molar-refractivity contribution is 5.81. The van der Waals surface area contributed by atoms with Crippen molar-refractivity contribution in [2.45, 2.75) is 19.3 Å². The lowest BCUT2D eigenvalue weighted by molar-refractivity contribution is -0.317. The van der Waals surface area contributed by atoms with Crippen LogP contribution in [0, 0.1) is 0 Å². The van der Waals surface area contributed by atoms with Crippen LogP contribution in [0.2, 0.25) is 0 Å². The second kappa shape index (κ2) is 7.49. The molecule has 0 aromatic rings. The zero-order valence-electron chi connectivity index (χ0n) is 9.15. The summed E-state index contributed by atoms with van der Waals surface area (Å²) in [5.41, 5.74) is 0. The average Bonchev–Trinajstić information content (AvgIpc) is 2.02. The summed E-state index contributed by atoms with van der Waals surface area (Å²) in [4.78, 5) is 12.3. The van der Waals surface area contributed by atoms with Crippen LogP contribution >= 0.6 is 0 Å². The molecule has 0 aliphatic rings. The van der Waals surface area contributed by atoms with E-state index >= 15 is 0 Å². The molecule has 84 valence electrons. The van der Waals surface area contributed by atoms with E-state index in [0.717, 1.165) is 6.08 Å². The highest BCUT2D eigenvalue weighted by Crippen LogP contribution is 2.06. The van der Waals surface area contributed by atoms with Crippen molar-refractivity contribution >= 4 is 5.97 Å². The van der Waals surface area contributed by atoms with Gasteiger partial charge in [0.25, 0.3) is 0 Å². The highest BCUT2D eigenvalue weighted by atomic mass is 16.8. The predicted molar refractivity (Wildman–Crippen MR) is 53.4 cm³/mol. The third kappa shape index (κ3) is 13.7. The normalized spacial score (nSPS) is 10.2. The Balaban J connectivity index is 0. The molecule has 0 bridgehead atoms. The first-order chi connectivity index (χ1) is 6.25. The molecule has 0 aliphatic carbocycles. The molecule has 0 spiro atoms. The van der Waals surface area contributed by atoms with Gasteiger partial charge in [-0.25, -0.2) is 4.79 Å². The lowest BCUT2D eigenvalue weighted by atomic mass is 10.4. The molecule has 0 unspecified atom stereocenters. The largest absolute Gasteiger partial charge is 0.405 e. The Morgan fingerprint density at radius 1 is 1.50 bits per heavy atom. The molecule has 5 heteroatoms. The van der Waals surface area contributed by atoms with E-state index in [2.05, 4.69) is 11.3 Å². The summed E-state index contributed by atoms with van der Waals surface area (Å²) in [5, 5.41) is 17.4. The maximum atomic E-state index is 10.3. The average molecular weight is 205 g/mol. The van der Waals surface area contributed by atoms with Crippen molar-refractivity contribution in [2.75, 3.05) is 21.1 Å². The van der Waals surface area contributed by atoms with Gasteiger partial charge in [-0.05, 0) is 21.1 Å². The molecule has 0 aromatic heterocycles. The minimum absolute atomic E-state index is 0.0768. The molecule has 0 fully saturated rings. The van der Waals surface area contributed by atoms with Crippen LogP contribution in [0.5, 0.6) is 0 Å². The maximum Gasteiger partial charge on any atom is 0.334 e. The number of rotatable bonds is 3. The lowest BCUT2D eigenvalue weighted by Gasteiger charge is -2.17. The number of nitrogens with zero attached hydrogens (tertiary/aromatic N) is 1. The zero-order chi connectivity index (χ0) is 11.8. The molecule has 0 saturated heterocycles. The van der Waals surface area contributed by atoms with Gasteiger partial charge in [0, 0.05) is 12.5 Å². The van der Waals surface area contributed by atoms with Gasteiger partial charge < -0.3 is 19.8 Å². The van der Waals surface area contributed by atoms with E-state index < -0.39 is 11.9 Å². The highest BCUT2D eigenvalue weighted by Gasteiger charge is 2.23. The van der Waals surface area contributed by atoms with Crippen molar-refractivity contribution in [3.8, 4) is 0 Å². The second-order valence-electron chi connectivity index (χ2n) is 3.06. The molecule has 0 atom stereocenters. The summed E-state index contributed by atoms with van der Waals surface area (Å²) in [5.74, 6) is -3.21. The quantitative estimate of drug-likeness (QED) is 0.384. The molecule has 2 N–H and O–H groups in total. The molecule has 5 nitrogen and oxygen atoms in total. The van der Waals surface area contributed by atoms with Gasteiger partial charge in [-0.15, -0.1) is 0 Å². The Kier molecular flexibility index (Phi) is 8.32. The van der Waals surface area contributed by atoms with E-state index in [1.807, 2.05) is 26.0 Å². The maximum absolute atomic E-state index is 10.3. The third-order valence-corrected chi connectivity index (χ3v) is 0.891. The van der Waals surface area contributed by atoms with Gasteiger partial charge in [0.15, 0.2) is 0 Å². The molecule has 0 aliphatic heterocycles. The molecule has 0 heterocycles. The molecule has 0 rings (SSSR count). The minimum Gasteiger partial charge on any atom is -0.405 e. The smallest absolute Gasteiger partial charge is 0.334 e. The fourth-order valence-electron chi connectivity index (χ4n) is 0.275. The van der Waals surface area contributed by atoms with Gasteiger partial charge in [-0.1, -0.05) is 13.5 Å². The topological polar surface area (TPSA) is 70.0 Å². The predicted octanol–water partition coefficient (Wildman–Crippen LogP) is -0.0582. The Labute approximate surface area is 84.6 Å². The van der Waals surface area contributed by atoms with Crippen LogP contribution in [-0.2, 0) is 9.53 Å². The molecular formula is C9H19NO4. The second-order valence-corrected chi connectivity index (χ2v) is 3.06. The fraction of sp³-hybridized carbons (Fsp3) is 0.667. The number of esters is 1. The summed E-state index contributed by atoms with van der Waals surface area (Å²) in [6, 6.07) is 0. The first kappa shape index (κ1) is 15.6. The van der Waals surface area contributed by atoms with E-state index in [-0.39, 0.29) is 6.42 Å². The van der Waals surface area contributed by atoms with Crippen molar-refractivity contribution < 1.29 is 19.7 Å². The van der Waals surface area contributed by atoms with E-state index in [1.54, 1.807) is 0 Å². The van der Waals surface area contributed by atoms with Gasteiger partial charge in [0.05, 0.1) is 0 Å². The molecule has 0 radical (unpaired) electrons. The number of carbonyl (C=O) groups is 1. The van der Waals surface area contributed by atoms with Crippen molar-refractivity contribution in [3.05, 3.63) is 12.7 Å². The van der Waals surface area contributed by atoms with Crippen LogP contribution in [0.3, 0.4) is 0 Å². The van der Waals surface area contributed by atoms with Crippen LogP contribution in [-0.4, -0.2) is 48.2 Å². The van der Waals surface area contributed by atoms with Crippen LogP contribution in [0.4, 0.5) is 0 Å². The Bertz CT molecular complexity index is 175. The van der Waals surface area contributed by atoms with Gasteiger partial charge in [-0.2, -0.15) is 0 Å². The third-order valence-electron chi connectivity index (χ3n) is 0.891. The molecule has 0 aromatic carbocycles. The summed E-state index contributed by atoms with van der Waals surface area (Å²) in [6.07, 6.45) is 0.781. The summed E-state index contributed by atoms with van der Waals surface area (Å²) >= 11 is 0. The molecule has 0 saturated carbocycles. The lowest BCUT2D eigenvalue weighted by Crippen LogP contribution is -2.32. The molecule has 0 amide bonds. The van der Waals surface area contributed by atoms with Gasteiger partial charge >= 0.3 is 11.9 Å². The van der Waals surface area contributed by atoms with E-state index in [4.69, 9.17) is 10.2 Å². The first-order valence-corrected chi connectivity index (χ1v) is 4.16. The number of ether oxygens (including phenoxy) is 1. The number of aliphatic hydroxyl groups is 2. The SMILES string of the molecule is C=CC(=O)OC(O)(O)CC.CN(C)C. The summed E-state index contributed by atoms with van der Waals surface area (Å²) in [6.45, 7) is 4.55. The van der Waals surface area contributed by atoms with Crippen molar-refractivity contribution in [3.63, 3.8) is 0 Å². The van der Waals surface area contributed by atoms with Crippen LogP contribution in [0.1, 0.15) is 13.3 Å². The zero-order valence-corrected chi connectivity index (χ0v) is 9.15. The van der Waals surface area contributed by atoms with Gasteiger partial charge in [0.1, 0.15) is 0 Å².